The van der Waals surface area contributed by atoms with Gasteiger partial charge in [0.1, 0.15) is 11.5 Å². The summed E-state index contributed by atoms with van der Waals surface area (Å²) in [4.78, 5) is 18.1. The lowest BCUT2D eigenvalue weighted by Crippen LogP contribution is -1.92. The van der Waals surface area contributed by atoms with E-state index in [2.05, 4.69) is 9.97 Å². The Labute approximate surface area is 85.6 Å². The summed E-state index contributed by atoms with van der Waals surface area (Å²) < 4.78 is 13.5. The van der Waals surface area contributed by atoms with E-state index in [0.717, 1.165) is 6.07 Å². The Morgan fingerprint density at radius 2 is 2.20 bits per heavy atom. The summed E-state index contributed by atoms with van der Waals surface area (Å²) in [6.07, 6.45) is 5.01. The SMILES string of the molecule is O=Cc1cnc(-c2cccnc2)c(F)c1. The lowest BCUT2D eigenvalue weighted by Gasteiger charge is -2.01. The van der Waals surface area contributed by atoms with E-state index in [0.29, 0.717) is 11.8 Å². The van der Waals surface area contributed by atoms with Crippen molar-refractivity contribution in [2.24, 2.45) is 0 Å². The fourth-order valence-corrected chi connectivity index (χ4v) is 1.23. The summed E-state index contributed by atoms with van der Waals surface area (Å²) in [7, 11) is 0. The predicted octanol–water partition coefficient (Wildman–Crippen LogP) is 2.10. The van der Waals surface area contributed by atoms with Crippen LogP contribution in [0.5, 0.6) is 0 Å². The van der Waals surface area contributed by atoms with Crippen LogP contribution in [0.25, 0.3) is 11.3 Å². The zero-order valence-electron chi connectivity index (χ0n) is 7.72. The molecular weight excluding hydrogens is 195 g/mol. The highest BCUT2D eigenvalue weighted by Gasteiger charge is 2.07. The molecule has 2 aromatic heterocycles. The van der Waals surface area contributed by atoms with Gasteiger partial charge in [0.15, 0.2) is 6.29 Å². The molecule has 0 atom stereocenters. The van der Waals surface area contributed by atoms with E-state index >= 15 is 0 Å². The second kappa shape index (κ2) is 3.96. The summed E-state index contributed by atoms with van der Waals surface area (Å²) in [6.45, 7) is 0. The first-order chi connectivity index (χ1) is 7.31. The number of carbonyl (C=O) groups is 1. The van der Waals surface area contributed by atoms with Crippen molar-refractivity contribution in [3.63, 3.8) is 0 Å². The molecule has 0 bridgehead atoms. The first kappa shape index (κ1) is 9.45. The van der Waals surface area contributed by atoms with Gasteiger partial charge < -0.3 is 0 Å². The normalized spacial score (nSPS) is 9.93. The Morgan fingerprint density at radius 3 is 2.80 bits per heavy atom. The van der Waals surface area contributed by atoms with Crippen LogP contribution in [0.1, 0.15) is 10.4 Å². The molecule has 3 nitrogen and oxygen atoms in total. The Hall–Kier alpha value is -2.10. The average molecular weight is 202 g/mol. The first-order valence-electron chi connectivity index (χ1n) is 4.32. The number of pyridine rings is 2. The van der Waals surface area contributed by atoms with Crippen LogP contribution < -0.4 is 0 Å². The largest absolute Gasteiger partial charge is 0.298 e. The number of halogens is 1. The molecule has 0 aliphatic rings. The number of carbonyl (C=O) groups excluding carboxylic acids is 1. The van der Waals surface area contributed by atoms with Gasteiger partial charge >= 0.3 is 0 Å². The summed E-state index contributed by atoms with van der Waals surface area (Å²) >= 11 is 0. The van der Waals surface area contributed by atoms with Crippen molar-refractivity contribution >= 4 is 6.29 Å². The van der Waals surface area contributed by atoms with Gasteiger partial charge in [0.25, 0.3) is 0 Å². The highest BCUT2D eigenvalue weighted by Crippen LogP contribution is 2.19. The zero-order valence-corrected chi connectivity index (χ0v) is 7.72. The van der Waals surface area contributed by atoms with Crippen LogP contribution in [0.4, 0.5) is 4.39 Å². The third-order valence-electron chi connectivity index (χ3n) is 1.93. The summed E-state index contributed by atoms with van der Waals surface area (Å²) in [5.41, 5.74) is 1.02. The molecule has 0 fully saturated rings. The molecule has 0 aliphatic heterocycles. The molecule has 2 rings (SSSR count). The van der Waals surface area contributed by atoms with Crippen molar-refractivity contribution in [3.05, 3.63) is 48.2 Å². The summed E-state index contributed by atoms with van der Waals surface area (Å²) in [5.74, 6) is -0.521. The third-order valence-corrected chi connectivity index (χ3v) is 1.93. The predicted molar refractivity (Wildman–Crippen MR) is 52.8 cm³/mol. The Kier molecular flexibility index (Phi) is 2.49. The van der Waals surface area contributed by atoms with Crippen molar-refractivity contribution in [2.75, 3.05) is 0 Å². The van der Waals surface area contributed by atoms with Gasteiger partial charge in [-0.2, -0.15) is 0 Å². The quantitative estimate of drug-likeness (QED) is 0.700. The fraction of sp³-hybridized carbons (Fsp3) is 0. The van der Waals surface area contributed by atoms with Gasteiger partial charge in [0, 0.05) is 29.7 Å². The Bertz CT molecular complexity index is 485. The molecule has 0 aromatic carbocycles. The average Bonchev–Trinajstić information content (AvgIpc) is 2.30. The fourth-order valence-electron chi connectivity index (χ4n) is 1.23. The smallest absolute Gasteiger partial charge is 0.151 e. The number of hydrogen-bond donors (Lipinski definition) is 0. The van der Waals surface area contributed by atoms with Crippen LogP contribution in [-0.4, -0.2) is 16.3 Å². The first-order valence-corrected chi connectivity index (χ1v) is 4.32. The molecule has 0 unspecified atom stereocenters. The topological polar surface area (TPSA) is 42.9 Å². The number of aromatic nitrogens is 2. The minimum Gasteiger partial charge on any atom is -0.298 e. The van der Waals surface area contributed by atoms with Gasteiger partial charge in [0.2, 0.25) is 0 Å². The number of aldehydes is 1. The molecule has 0 spiro atoms. The van der Waals surface area contributed by atoms with Crippen LogP contribution in [0.15, 0.2) is 36.8 Å². The number of hydrogen-bond acceptors (Lipinski definition) is 3. The van der Waals surface area contributed by atoms with Crippen molar-refractivity contribution in [3.8, 4) is 11.3 Å². The van der Waals surface area contributed by atoms with Gasteiger partial charge in [-0.15, -0.1) is 0 Å². The number of nitrogens with zero attached hydrogens (tertiary/aromatic N) is 2. The molecule has 0 N–H and O–H groups in total. The lowest BCUT2D eigenvalue weighted by atomic mass is 10.1. The maximum absolute atomic E-state index is 13.5. The molecule has 15 heavy (non-hydrogen) atoms. The van der Waals surface area contributed by atoms with E-state index in [4.69, 9.17) is 0 Å². The van der Waals surface area contributed by atoms with Crippen molar-refractivity contribution < 1.29 is 9.18 Å². The highest BCUT2D eigenvalue weighted by atomic mass is 19.1. The van der Waals surface area contributed by atoms with Gasteiger partial charge in [-0.1, -0.05) is 0 Å². The number of rotatable bonds is 2. The van der Waals surface area contributed by atoms with Gasteiger partial charge in [-0.25, -0.2) is 4.39 Å². The van der Waals surface area contributed by atoms with Gasteiger partial charge in [-0.3, -0.25) is 14.8 Å². The lowest BCUT2D eigenvalue weighted by molar-refractivity contribution is 0.112. The molecule has 2 aromatic rings. The minimum absolute atomic E-state index is 0.203. The standard InChI is InChI=1S/C11H7FN2O/c12-10-4-8(7-15)5-14-11(10)9-2-1-3-13-6-9/h1-7H. The van der Waals surface area contributed by atoms with Gasteiger partial charge in [0.05, 0.1) is 0 Å². The van der Waals surface area contributed by atoms with E-state index < -0.39 is 5.82 Å². The van der Waals surface area contributed by atoms with E-state index in [1.807, 2.05) is 0 Å². The van der Waals surface area contributed by atoms with Gasteiger partial charge in [-0.05, 0) is 18.2 Å². The summed E-state index contributed by atoms with van der Waals surface area (Å²) in [6, 6.07) is 4.56. The van der Waals surface area contributed by atoms with Crippen LogP contribution in [0.3, 0.4) is 0 Å². The third kappa shape index (κ3) is 1.88. The highest BCUT2D eigenvalue weighted by molar-refractivity contribution is 5.75. The van der Waals surface area contributed by atoms with Crippen LogP contribution in [0, 0.1) is 5.82 Å². The molecule has 4 heteroatoms. The zero-order chi connectivity index (χ0) is 10.7. The van der Waals surface area contributed by atoms with Crippen molar-refractivity contribution in [2.45, 2.75) is 0 Å². The minimum atomic E-state index is -0.521. The second-order valence-electron chi connectivity index (χ2n) is 2.96. The van der Waals surface area contributed by atoms with Crippen LogP contribution in [-0.2, 0) is 0 Å². The van der Waals surface area contributed by atoms with Crippen molar-refractivity contribution in [1.29, 1.82) is 0 Å². The van der Waals surface area contributed by atoms with E-state index in [1.54, 1.807) is 18.3 Å². The second-order valence-corrected chi connectivity index (χ2v) is 2.96. The maximum atomic E-state index is 13.5. The summed E-state index contributed by atoms with van der Waals surface area (Å²) in [5, 5.41) is 0. The Morgan fingerprint density at radius 1 is 1.33 bits per heavy atom. The molecular formula is C11H7FN2O. The Balaban J connectivity index is 2.51. The molecule has 0 saturated carbocycles. The van der Waals surface area contributed by atoms with Crippen LogP contribution in [0.2, 0.25) is 0 Å². The maximum Gasteiger partial charge on any atom is 0.151 e. The molecule has 0 radical (unpaired) electrons. The monoisotopic (exact) mass is 202 g/mol. The molecule has 0 aliphatic carbocycles. The molecule has 0 saturated heterocycles. The molecule has 2 heterocycles. The van der Waals surface area contributed by atoms with E-state index in [-0.39, 0.29) is 11.3 Å². The van der Waals surface area contributed by atoms with Crippen LogP contribution >= 0.6 is 0 Å². The van der Waals surface area contributed by atoms with E-state index in [9.17, 15) is 9.18 Å². The van der Waals surface area contributed by atoms with E-state index in [1.165, 1.54) is 12.4 Å². The van der Waals surface area contributed by atoms with Crippen molar-refractivity contribution in [1.82, 2.24) is 9.97 Å². The molecule has 74 valence electrons. The molecule has 0 amide bonds.